The standard InChI is InChI=1S/C20H29N5O2/c26-19-4-2-17(20(27)23-19)18-3-1-16(13-22-18)25-9-5-15(6-10-25)14-24-11-7-21-8-12-24/h1,3,13,15,17,21H,2,4-12,14H2,(H,23,26,27). The van der Waals surface area contributed by atoms with E-state index in [0.29, 0.717) is 12.8 Å². The fourth-order valence-corrected chi connectivity index (χ4v) is 4.40. The maximum absolute atomic E-state index is 12.0. The van der Waals surface area contributed by atoms with E-state index in [1.165, 1.54) is 32.5 Å². The maximum atomic E-state index is 12.0. The van der Waals surface area contributed by atoms with Crippen molar-refractivity contribution in [1.82, 2.24) is 20.5 Å². The fourth-order valence-electron chi connectivity index (χ4n) is 4.40. The smallest absolute Gasteiger partial charge is 0.235 e. The lowest BCUT2D eigenvalue weighted by Gasteiger charge is -2.37. The van der Waals surface area contributed by atoms with Crippen molar-refractivity contribution < 1.29 is 9.59 Å². The van der Waals surface area contributed by atoms with Crippen molar-refractivity contribution >= 4 is 17.5 Å². The van der Waals surface area contributed by atoms with Crippen LogP contribution < -0.4 is 15.5 Å². The Balaban J connectivity index is 1.29. The number of anilines is 1. The van der Waals surface area contributed by atoms with E-state index < -0.39 is 0 Å². The Labute approximate surface area is 160 Å². The summed E-state index contributed by atoms with van der Waals surface area (Å²) in [5.41, 5.74) is 1.89. The maximum Gasteiger partial charge on any atom is 0.235 e. The molecule has 3 aliphatic rings. The molecule has 0 radical (unpaired) electrons. The summed E-state index contributed by atoms with van der Waals surface area (Å²) in [6, 6.07) is 4.02. The molecule has 1 atom stereocenters. The molecule has 27 heavy (non-hydrogen) atoms. The molecule has 4 rings (SSSR count). The SMILES string of the molecule is O=C1CCC(c2ccc(N3CCC(CN4CCNCC4)CC3)cn2)C(=O)N1. The molecule has 7 heteroatoms. The first-order chi connectivity index (χ1) is 13.2. The number of nitrogens with one attached hydrogen (secondary N) is 2. The predicted octanol–water partition coefficient (Wildman–Crippen LogP) is 0.723. The number of aromatic nitrogens is 1. The van der Waals surface area contributed by atoms with Crippen molar-refractivity contribution in [3.63, 3.8) is 0 Å². The van der Waals surface area contributed by atoms with Gasteiger partial charge in [0.25, 0.3) is 0 Å². The van der Waals surface area contributed by atoms with Crippen molar-refractivity contribution in [2.75, 3.05) is 50.7 Å². The first-order valence-electron chi connectivity index (χ1n) is 10.2. The minimum atomic E-state index is -0.304. The molecule has 1 aromatic rings. The molecule has 1 unspecified atom stereocenters. The van der Waals surface area contributed by atoms with Crippen LogP contribution in [0.4, 0.5) is 5.69 Å². The number of carbonyl (C=O) groups is 2. The summed E-state index contributed by atoms with van der Waals surface area (Å²) in [7, 11) is 0. The second kappa shape index (κ2) is 8.35. The highest BCUT2D eigenvalue weighted by molar-refractivity contribution is 6.00. The third kappa shape index (κ3) is 4.47. The lowest BCUT2D eigenvalue weighted by molar-refractivity contribution is -0.134. The Hall–Kier alpha value is -1.99. The summed E-state index contributed by atoms with van der Waals surface area (Å²) >= 11 is 0. The summed E-state index contributed by atoms with van der Waals surface area (Å²) in [6.07, 6.45) is 5.27. The van der Waals surface area contributed by atoms with Gasteiger partial charge in [0.2, 0.25) is 11.8 Å². The lowest BCUT2D eigenvalue weighted by atomic mass is 9.94. The summed E-state index contributed by atoms with van der Waals surface area (Å²) in [5, 5.41) is 5.82. The van der Waals surface area contributed by atoms with Crippen LogP contribution in [-0.2, 0) is 9.59 Å². The molecule has 0 aliphatic carbocycles. The number of imide groups is 1. The Morgan fingerprint density at radius 2 is 1.81 bits per heavy atom. The van der Waals surface area contributed by atoms with Crippen LogP contribution >= 0.6 is 0 Å². The van der Waals surface area contributed by atoms with Gasteiger partial charge in [-0.05, 0) is 37.3 Å². The second-order valence-corrected chi connectivity index (χ2v) is 7.93. The highest BCUT2D eigenvalue weighted by Gasteiger charge is 2.29. The van der Waals surface area contributed by atoms with Gasteiger partial charge < -0.3 is 15.1 Å². The minimum absolute atomic E-state index is 0.184. The van der Waals surface area contributed by atoms with Gasteiger partial charge in [0.1, 0.15) is 0 Å². The molecule has 7 nitrogen and oxygen atoms in total. The highest BCUT2D eigenvalue weighted by Crippen LogP contribution is 2.27. The van der Waals surface area contributed by atoms with Crippen LogP contribution in [0.15, 0.2) is 18.3 Å². The first kappa shape index (κ1) is 18.4. The van der Waals surface area contributed by atoms with Gasteiger partial charge in [0.15, 0.2) is 0 Å². The van der Waals surface area contributed by atoms with E-state index in [1.54, 1.807) is 0 Å². The molecular weight excluding hydrogens is 342 g/mol. The van der Waals surface area contributed by atoms with Crippen molar-refractivity contribution in [3.05, 3.63) is 24.0 Å². The molecule has 4 heterocycles. The molecule has 0 spiro atoms. The van der Waals surface area contributed by atoms with E-state index in [1.807, 2.05) is 12.3 Å². The third-order valence-electron chi connectivity index (χ3n) is 6.07. The van der Waals surface area contributed by atoms with Crippen LogP contribution in [0.5, 0.6) is 0 Å². The Morgan fingerprint density at radius 3 is 2.48 bits per heavy atom. The zero-order valence-corrected chi connectivity index (χ0v) is 15.8. The molecule has 3 saturated heterocycles. The first-order valence-corrected chi connectivity index (χ1v) is 10.2. The average Bonchev–Trinajstić information content (AvgIpc) is 2.70. The molecule has 3 aliphatic heterocycles. The zero-order valence-electron chi connectivity index (χ0n) is 15.8. The summed E-state index contributed by atoms with van der Waals surface area (Å²) in [6.45, 7) is 7.93. The van der Waals surface area contributed by atoms with Crippen LogP contribution in [0.2, 0.25) is 0 Å². The quantitative estimate of drug-likeness (QED) is 0.760. The Morgan fingerprint density at radius 1 is 1.04 bits per heavy atom. The Kier molecular flexibility index (Phi) is 5.69. The molecule has 0 bridgehead atoms. The molecule has 2 N–H and O–H groups in total. The number of hydrogen-bond donors (Lipinski definition) is 2. The Bertz CT molecular complexity index is 663. The topological polar surface area (TPSA) is 77.6 Å². The van der Waals surface area contributed by atoms with Crippen LogP contribution in [0.3, 0.4) is 0 Å². The number of piperidine rings is 2. The van der Waals surface area contributed by atoms with Gasteiger partial charge >= 0.3 is 0 Å². The fraction of sp³-hybridized carbons (Fsp3) is 0.650. The van der Waals surface area contributed by atoms with Crippen LogP contribution in [0, 0.1) is 5.92 Å². The van der Waals surface area contributed by atoms with Gasteiger partial charge in [-0.3, -0.25) is 19.9 Å². The normalized spacial score (nSPS) is 25.5. The number of pyridine rings is 1. The van der Waals surface area contributed by atoms with E-state index >= 15 is 0 Å². The summed E-state index contributed by atoms with van der Waals surface area (Å²) in [4.78, 5) is 32.8. The van der Waals surface area contributed by atoms with Gasteiger partial charge in [-0.1, -0.05) is 0 Å². The van der Waals surface area contributed by atoms with E-state index in [9.17, 15) is 9.59 Å². The molecule has 0 saturated carbocycles. The van der Waals surface area contributed by atoms with Gasteiger partial charge in [0.05, 0.1) is 23.5 Å². The number of carbonyl (C=O) groups excluding carboxylic acids is 2. The number of nitrogens with zero attached hydrogens (tertiary/aromatic N) is 3. The summed E-state index contributed by atoms with van der Waals surface area (Å²) < 4.78 is 0. The number of amides is 2. The van der Waals surface area contributed by atoms with Gasteiger partial charge in [-0.25, -0.2) is 0 Å². The van der Waals surface area contributed by atoms with Gasteiger partial charge in [-0.2, -0.15) is 0 Å². The van der Waals surface area contributed by atoms with Crippen LogP contribution in [0.1, 0.15) is 37.3 Å². The van der Waals surface area contributed by atoms with Crippen molar-refractivity contribution in [2.45, 2.75) is 31.6 Å². The highest BCUT2D eigenvalue weighted by atomic mass is 16.2. The number of hydrogen-bond acceptors (Lipinski definition) is 6. The largest absolute Gasteiger partial charge is 0.370 e. The number of rotatable bonds is 4. The average molecular weight is 371 g/mol. The van der Waals surface area contributed by atoms with E-state index in [0.717, 1.165) is 43.5 Å². The van der Waals surface area contributed by atoms with Gasteiger partial charge in [0, 0.05) is 52.2 Å². The minimum Gasteiger partial charge on any atom is -0.370 e. The number of piperazine rings is 1. The second-order valence-electron chi connectivity index (χ2n) is 7.93. The molecule has 3 fully saturated rings. The van der Waals surface area contributed by atoms with Crippen molar-refractivity contribution in [2.24, 2.45) is 5.92 Å². The van der Waals surface area contributed by atoms with Crippen molar-refractivity contribution in [1.29, 1.82) is 0 Å². The van der Waals surface area contributed by atoms with Gasteiger partial charge in [-0.15, -0.1) is 0 Å². The van der Waals surface area contributed by atoms with E-state index in [2.05, 4.69) is 31.5 Å². The lowest BCUT2D eigenvalue weighted by Crippen LogP contribution is -2.46. The zero-order chi connectivity index (χ0) is 18.6. The molecule has 146 valence electrons. The van der Waals surface area contributed by atoms with Crippen LogP contribution in [-0.4, -0.2) is 67.5 Å². The molecular formula is C20H29N5O2. The van der Waals surface area contributed by atoms with Crippen LogP contribution in [0.25, 0.3) is 0 Å². The summed E-state index contributed by atoms with van der Waals surface area (Å²) in [5.74, 6) is 0.0772. The predicted molar refractivity (Wildman–Crippen MR) is 104 cm³/mol. The van der Waals surface area contributed by atoms with E-state index in [-0.39, 0.29) is 17.7 Å². The third-order valence-corrected chi connectivity index (χ3v) is 6.07. The molecule has 0 aromatic carbocycles. The monoisotopic (exact) mass is 371 g/mol. The molecule has 2 amide bonds. The van der Waals surface area contributed by atoms with E-state index in [4.69, 9.17) is 0 Å². The molecule has 1 aromatic heterocycles. The van der Waals surface area contributed by atoms with Crippen molar-refractivity contribution in [3.8, 4) is 0 Å².